The molecule has 5 aromatic rings. The van der Waals surface area contributed by atoms with Crippen LogP contribution in [0.3, 0.4) is 0 Å². The molecule has 0 spiro atoms. The molecule has 0 fully saturated rings. The summed E-state index contributed by atoms with van der Waals surface area (Å²) in [6.45, 7) is 2.37. The van der Waals surface area contributed by atoms with Gasteiger partial charge in [0.2, 0.25) is 11.5 Å². The van der Waals surface area contributed by atoms with Gasteiger partial charge in [-0.05, 0) is 24.6 Å². The van der Waals surface area contributed by atoms with E-state index in [-0.39, 0.29) is 18.0 Å². The zero-order valence-corrected chi connectivity index (χ0v) is 16.8. The molecule has 8 nitrogen and oxygen atoms in total. The Balaban J connectivity index is 1.36. The Morgan fingerprint density at radius 1 is 1.13 bits per heavy atom. The molecule has 0 radical (unpaired) electrons. The SMILES string of the molecule is Cc1cccc(Cn2nccc2NC(=O)Cn2cnc3c(oc4ccccc43)c2=O)c1. The maximum Gasteiger partial charge on any atom is 0.297 e. The summed E-state index contributed by atoms with van der Waals surface area (Å²) in [5.74, 6) is 0.197. The van der Waals surface area contributed by atoms with Gasteiger partial charge in [0.05, 0.1) is 19.1 Å². The number of para-hydroxylation sites is 1. The number of aromatic nitrogens is 4. The first-order chi connectivity index (χ1) is 15.1. The fourth-order valence-electron chi connectivity index (χ4n) is 3.61. The van der Waals surface area contributed by atoms with E-state index >= 15 is 0 Å². The van der Waals surface area contributed by atoms with Crippen molar-refractivity contribution in [3.63, 3.8) is 0 Å². The van der Waals surface area contributed by atoms with Gasteiger partial charge in [0.25, 0.3) is 5.56 Å². The fourth-order valence-corrected chi connectivity index (χ4v) is 3.61. The number of amides is 1. The molecule has 1 N–H and O–H groups in total. The van der Waals surface area contributed by atoms with Gasteiger partial charge in [-0.1, -0.05) is 42.0 Å². The van der Waals surface area contributed by atoms with Gasteiger partial charge in [-0.15, -0.1) is 0 Å². The number of rotatable bonds is 5. The Hall–Kier alpha value is -4.20. The first-order valence-electron chi connectivity index (χ1n) is 9.82. The minimum absolute atomic E-state index is 0.140. The number of carbonyl (C=O) groups excluding carboxylic acids is 1. The van der Waals surface area contributed by atoms with E-state index in [2.05, 4.69) is 21.5 Å². The van der Waals surface area contributed by atoms with E-state index in [4.69, 9.17) is 4.42 Å². The molecule has 0 saturated heterocycles. The number of aryl methyl sites for hydroxylation is 1. The van der Waals surface area contributed by atoms with Crippen LogP contribution in [0.4, 0.5) is 5.82 Å². The highest BCUT2D eigenvalue weighted by Crippen LogP contribution is 2.24. The van der Waals surface area contributed by atoms with Gasteiger partial charge in [-0.2, -0.15) is 5.10 Å². The summed E-state index contributed by atoms with van der Waals surface area (Å²) in [7, 11) is 0. The van der Waals surface area contributed by atoms with Gasteiger partial charge < -0.3 is 9.73 Å². The lowest BCUT2D eigenvalue weighted by Gasteiger charge is -2.10. The molecule has 0 aliphatic carbocycles. The quantitative estimate of drug-likeness (QED) is 0.477. The van der Waals surface area contributed by atoms with Crippen LogP contribution in [0, 0.1) is 6.92 Å². The van der Waals surface area contributed by atoms with Gasteiger partial charge in [-0.25, -0.2) is 9.67 Å². The van der Waals surface area contributed by atoms with Crippen LogP contribution in [0.25, 0.3) is 22.1 Å². The molecule has 8 heteroatoms. The number of hydrogen-bond acceptors (Lipinski definition) is 5. The molecule has 0 aliphatic rings. The molecule has 0 saturated carbocycles. The van der Waals surface area contributed by atoms with Gasteiger partial charge in [0.15, 0.2) is 0 Å². The predicted octanol–water partition coefficient (Wildman–Crippen LogP) is 3.33. The maximum atomic E-state index is 12.8. The lowest BCUT2D eigenvalue weighted by atomic mass is 10.1. The average molecular weight is 413 g/mol. The van der Waals surface area contributed by atoms with Crippen LogP contribution in [0.15, 0.2) is 76.3 Å². The third-order valence-corrected chi connectivity index (χ3v) is 5.06. The second-order valence-corrected chi connectivity index (χ2v) is 7.36. The number of nitrogens with zero attached hydrogens (tertiary/aromatic N) is 4. The molecule has 3 aromatic heterocycles. The monoisotopic (exact) mass is 413 g/mol. The normalized spacial score (nSPS) is 11.3. The number of furan rings is 1. The van der Waals surface area contributed by atoms with E-state index in [1.54, 1.807) is 23.0 Å². The molecule has 31 heavy (non-hydrogen) atoms. The fraction of sp³-hybridized carbons (Fsp3) is 0.130. The molecule has 154 valence electrons. The number of benzene rings is 2. The first kappa shape index (κ1) is 18.8. The van der Waals surface area contributed by atoms with Crippen LogP contribution >= 0.6 is 0 Å². The smallest absolute Gasteiger partial charge is 0.297 e. The lowest BCUT2D eigenvalue weighted by Crippen LogP contribution is -2.28. The average Bonchev–Trinajstić information content (AvgIpc) is 3.35. The van der Waals surface area contributed by atoms with Crippen molar-refractivity contribution in [2.45, 2.75) is 20.0 Å². The number of carbonyl (C=O) groups is 1. The topological polar surface area (TPSA) is 95.0 Å². The van der Waals surface area contributed by atoms with Crippen molar-refractivity contribution >= 4 is 33.8 Å². The predicted molar refractivity (Wildman–Crippen MR) is 117 cm³/mol. The molecule has 3 heterocycles. The van der Waals surface area contributed by atoms with Crippen molar-refractivity contribution in [2.24, 2.45) is 0 Å². The van der Waals surface area contributed by atoms with Gasteiger partial charge in [-0.3, -0.25) is 14.2 Å². The highest BCUT2D eigenvalue weighted by molar-refractivity contribution is 6.01. The second kappa shape index (κ2) is 7.56. The van der Waals surface area contributed by atoms with Crippen LogP contribution < -0.4 is 10.9 Å². The van der Waals surface area contributed by atoms with Crippen molar-refractivity contribution in [3.8, 4) is 0 Å². The van der Waals surface area contributed by atoms with Crippen LogP contribution in [-0.2, 0) is 17.9 Å². The zero-order chi connectivity index (χ0) is 21.4. The van der Waals surface area contributed by atoms with Crippen molar-refractivity contribution in [3.05, 3.63) is 88.6 Å². The Kier molecular flexibility index (Phi) is 4.59. The largest absolute Gasteiger partial charge is 0.448 e. The highest BCUT2D eigenvalue weighted by Gasteiger charge is 2.15. The minimum Gasteiger partial charge on any atom is -0.448 e. The summed E-state index contributed by atoms with van der Waals surface area (Å²) in [6, 6.07) is 17.1. The molecule has 0 atom stereocenters. The van der Waals surface area contributed by atoms with Gasteiger partial charge >= 0.3 is 0 Å². The summed E-state index contributed by atoms with van der Waals surface area (Å²) >= 11 is 0. The first-order valence-corrected chi connectivity index (χ1v) is 9.82. The summed E-state index contributed by atoms with van der Waals surface area (Å²) in [5, 5.41) is 7.88. The number of hydrogen-bond donors (Lipinski definition) is 1. The van der Waals surface area contributed by atoms with E-state index in [1.165, 1.54) is 10.9 Å². The van der Waals surface area contributed by atoms with E-state index in [9.17, 15) is 9.59 Å². The zero-order valence-electron chi connectivity index (χ0n) is 16.8. The number of nitrogens with one attached hydrogen (secondary N) is 1. The number of anilines is 1. The Labute approximate surface area is 176 Å². The lowest BCUT2D eigenvalue weighted by molar-refractivity contribution is -0.116. The summed E-state index contributed by atoms with van der Waals surface area (Å²) in [4.78, 5) is 29.8. The van der Waals surface area contributed by atoms with Crippen LogP contribution in [0.2, 0.25) is 0 Å². The van der Waals surface area contributed by atoms with Gasteiger partial charge in [0.1, 0.15) is 23.5 Å². The highest BCUT2D eigenvalue weighted by atomic mass is 16.3. The van der Waals surface area contributed by atoms with E-state index in [0.717, 1.165) is 16.5 Å². The van der Waals surface area contributed by atoms with E-state index < -0.39 is 5.56 Å². The van der Waals surface area contributed by atoms with E-state index in [0.29, 0.717) is 23.5 Å². The summed E-state index contributed by atoms with van der Waals surface area (Å²) < 4.78 is 8.61. The Morgan fingerprint density at radius 3 is 2.87 bits per heavy atom. The van der Waals surface area contributed by atoms with Crippen LogP contribution in [0.5, 0.6) is 0 Å². The molecule has 1 amide bonds. The minimum atomic E-state index is -0.399. The van der Waals surface area contributed by atoms with Crippen LogP contribution in [-0.4, -0.2) is 25.2 Å². The molecule has 0 unspecified atom stereocenters. The number of fused-ring (bicyclic) bond motifs is 3. The molecular formula is C23H19N5O3. The Bertz CT molecular complexity index is 1480. The summed E-state index contributed by atoms with van der Waals surface area (Å²) in [6.07, 6.45) is 3.00. The third kappa shape index (κ3) is 3.59. The standard InChI is InChI=1S/C23H19N5O3/c1-15-5-4-6-16(11-15)12-28-19(9-10-25-28)26-20(29)13-27-14-24-21-17-7-2-3-8-18(17)31-22(21)23(27)30/h2-11,14H,12-13H2,1H3,(H,26,29). The van der Waals surface area contributed by atoms with Crippen molar-refractivity contribution < 1.29 is 9.21 Å². The molecule has 5 rings (SSSR count). The second-order valence-electron chi connectivity index (χ2n) is 7.36. The van der Waals surface area contributed by atoms with Gasteiger partial charge in [0, 0.05) is 11.5 Å². The molecule has 0 aliphatic heterocycles. The van der Waals surface area contributed by atoms with Crippen molar-refractivity contribution in [1.29, 1.82) is 0 Å². The molecular weight excluding hydrogens is 394 g/mol. The summed E-state index contributed by atoms with van der Waals surface area (Å²) in [5.41, 5.74) is 3.06. The van der Waals surface area contributed by atoms with E-state index in [1.807, 2.05) is 43.3 Å². The van der Waals surface area contributed by atoms with Crippen LogP contribution in [0.1, 0.15) is 11.1 Å². The third-order valence-electron chi connectivity index (χ3n) is 5.06. The van der Waals surface area contributed by atoms with Crippen molar-refractivity contribution in [1.82, 2.24) is 19.3 Å². The molecule has 0 bridgehead atoms. The van der Waals surface area contributed by atoms with Crippen molar-refractivity contribution in [2.75, 3.05) is 5.32 Å². The molecule has 2 aromatic carbocycles. The Morgan fingerprint density at radius 2 is 2.00 bits per heavy atom. The maximum absolute atomic E-state index is 12.8.